The highest BCUT2D eigenvalue weighted by molar-refractivity contribution is 5.35. The van der Waals surface area contributed by atoms with E-state index in [9.17, 15) is 0 Å². The van der Waals surface area contributed by atoms with Crippen molar-refractivity contribution in [2.75, 3.05) is 0 Å². The van der Waals surface area contributed by atoms with Gasteiger partial charge in [0.05, 0.1) is 0 Å². The van der Waals surface area contributed by atoms with Crippen LogP contribution in [-0.2, 0) is 6.42 Å². The van der Waals surface area contributed by atoms with Crippen molar-refractivity contribution < 1.29 is 4.74 Å². The van der Waals surface area contributed by atoms with Crippen molar-refractivity contribution in [3.63, 3.8) is 0 Å². The molecule has 1 heteroatoms. The molecule has 86 valence electrons. The van der Waals surface area contributed by atoms with E-state index in [1.54, 1.807) is 0 Å². The monoisotopic (exact) mass is 216 g/mol. The number of para-hydroxylation sites is 1. The Balaban J connectivity index is 1.90. The van der Waals surface area contributed by atoms with E-state index in [1.807, 2.05) is 6.07 Å². The summed E-state index contributed by atoms with van der Waals surface area (Å²) in [6.07, 6.45) is 10.7. The van der Waals surface area contributed by atoms with Crippen LogP contribution in [0.25, 0.3) is 0 Å². The third-order valence-electron chi connectivity index (χ3n) is 3.02. The molecule has 0 bridgehead atoms. The number of unbranched alkanes of at least 4 members (excludes halogenated alkanes) is 2. The van der Waals surface area contributed by atoms with Crippen LogP contribution in [0, 0.1) is 0 Å². The maximum absolute atomic E-state index is 5.93. The van der Waals surface area contributed by atoms with E-state index in [-0.39, 0.29) is 6.10 Å². The SMILES string of the molecule is CCCC/C=C/C1CCc2ccccc2O1. The quantitative estimate of drug-likeness (QED) is 0.543. The summed E-state index contributed by atoms with van der Waals surface area (Å²) in [4.78, 5) is 0. The molecule has 0 aliphatic carbocycles. The lowest BCUT2D eigenvalue weighted by molar-refractivity contribution is 0.218. The van der Waals surface area contributed by atoms with E-state index < -0.39 is 0 Å². The topological polar surface area (TPSA) is 9.23 Å². The maximum atomic E-state index is 5.93. The molecule has 0 fully saturated rings. The van der Waals surface area contributed by atoms with E-state index in [0.717, 1.165) is 18.6 Å². The molecule has 1 aromatic rings. The summed E-state index contributed by atoms with van der Waals surface area (Å²) in [7, 11) is 0. The lowest BCUT2D eigenvalue weighted by atomic mass is 10.0. The highest BCUT2D eigenvalue weighted by Crippen LogP contribution is 2.27. The molecule has 0 saturated heterocycles. The van der Waals surface area contributed by atoms with Crippen molar-refractivity contribution in [1.82, 2.24) is 0 Å². The highest BCUT2D eigenvalue weighted by Gasteiger charge is 2.16. The predicted molar refractivity (Wildman–Crippen MR) is 67.8 cm³/mol. The molecule has 1 aliphatic heterocycles. The van der Waals surface area contributed by atoms with Gasteiger partial charge in [-0.15, -0.1) is 0 Å². The summed E-state index contributed by atoms with van der Waals surface area (Å²) in [6.45, 7) is 2.22. The Morgan fingerprint density at radius 1 is 1.38 bits per heavy atom. The number of hydrogen-bond donors (Lipinski definition) is 0. The molecule has 0 radical (unpaired) electrons. The number of ether oxygens (including phenoxy) is 1. The molecule has 1 aromatic carbocycles. The average molecular weight is 216 g/mol. The standard InChI is InChI=1S/C15H20O/c1-2-3-4-5-9-14-12-11-13-8-6-7-10-15(13)16-14/h5-10,14H,2-4,11-12H2,1H3/b9-5+. The summed E-state index contributed by atoms with van der Waals surface area (Å²) in [5.74, 6) is 1.07. The van der Waals surface area contributed by atoms with Crippen molar-refractivity contribution in [2.45, 2.75) is 45.1 Å². The van der Waals surface area contributed by atoms with Crippen LogP contribution in [0.5, 0.6) is 5.75 Å². The van der Waals surface area contributed by atoms with E-state index >= 15 is 0 Å². The second-order valence-corrected chi connectivity index (χ2v) is 4.37. The van der Waals surface area contributed by atoms with Crippen LogP contribution in [-0.4, -0.2) is 6.10 Å². The Bertz CT molecular complexity index is 354. The van der Waals surface area contributed by atoms with E-state index in [2.05, 4.69) is 37.3 Å². The van der Waals surface area contributed by atoms with Crippen molar-refractivity contribution in [2.24, 2.45) is 0 Å². The van der Waals surface area contributed by atoms with Crippen molar-refractivity contribution in [3.8, 4) is 5.75 Å². The largest absolute Gasteiger partial charge is 0.486 e. The molecule has 1 atom stereocenters. The van der Waals surface area contributed by atoms with Crippen molar-refractivity contribution in [3.05, 3.63) is 42.0 Å². The smallest absolute Gasteiger partial charge is 0.123 e. The Morgan fingerprint density at radius 3 is 3.12 bits per heavy atom. The minimum atomic E-state index is 0.284. The molecule has 1 aliphatic rings. The van der Waals surface area contributed by atoms with Crippen LogP contribution in [0.2, 0.25) is 0 Å². The van der Waals surface area contributed by atoms with Gasteiger partial charge in [-0.1, -0.05) is 44.0 Å². The zero-order valence-electron chi connectivity index (χ0n) is 9.99. The molecule has 0 spiro atoms. The van der Waals surface area contributed by atoms with Gasteiger partial charge < -0.3 is 4.74 Å². The van der Waals surface area contributed by atoms with Crippen molar-refractivity contribution >= 4 is 0 Å². The molecule has 0 aromatic heterocycles. The predicted octanol–water partition coefficient (Wildman–Crippen LogP) is 4.13. The third-order valence-corrected chi connectivity index (χ3v) is 3.02. The van der Waals surface area contributed by atoms with Crippen LogP contribution < -0.4 is 4.74 Å². The van der Waals surface area contributed by atoms with E-state index in [1.165, 1.54) is 24.8 Å². The molecule has 1 unspecified atom stereocenters. The highest BCUT2D eigenvalue weighted by atomic mass is 16.5. The Hall–Kier alpha value is -1.24. The summed E-state index contributed by atoms with van der Waals surface area (Å²) in [6, 6.07) is 8.36. The molecule has 0 N–H and O–H groups in total. The lowest BCUT2D eigenvalue weighted by Gasteiger charge is -2.23. The maximum Gasteiger partial charge on any atom is 0.123 e. The number of benzene rings is 1. The fraction of sp³-hybridized carbons (Fsp3) is 0.467. The first-order chi connectivity index (χ1) is 7.90. The summed E-state index contributed by atoms with van der Waals surface area (Å²) < 4.78 is 5.93. The molecule has 16 heavy (non-hydrogen) atoms. The number of hydrogen-bond acceptors (Lipinski definition) is 1. The average Bonchev–Trinajstić information content (AvgIpc) is 2.34. The first kappa shape index (κ1) is 11.3. The normalized spacial score (nSPS) is 19.4. The second-order valence-electron chi connectivity index (χ2n) is 4.37. The first-order valence-corrected chi connectivity index (χ1v) is 6.31. The van der Waals surface area contributed by atoms with Gasteiger partial charge in [0, 0.05) is 0 Å². The fourth-order valence-corrected chi connectivity index (χ4v) is 2.05. The minimum absolute atomic E-state index is 0.284. The van der Waals surface area contributed by atoms with Gasteiger partial charge in [-0.3, -0.25) is 0 Å². The molecular weight excluding hydrogens is 196 g/mol. The summed E-state index contributed by atoms with van der Waals surface area (Å²) in [5.41, 5.74) is 1.35. The Morgan fingerprint density at radius 2 is 2.25 bits per heavy atom. The minimum Gasteiger partial charge on any atom is -0.486 e. The van der Waals surface area contributed by atoms with Crippen LogP contribution >= 0.6 is 0 Å². The molecule has 0 saturated carbocycles. The van der Waals surface area contributed by atoms with Gasteiger partial charge in [0.25, 0.3) is 0 Å². The number of allylic oxidation sites excluding steroid dienone is 1. The lowest BCUT2D eigenvalue weighted by Crippen LogP contribution is -2.20. The van der Waals surface area contributed by atoms with Gasteiger partial charge in [-0.05, 0) is 37.0 Å². The third kappa shape index (κ3) is 2.88. The molecule has 1 heterocycles. The van der Waals surface area contributed by atoms with Crippen LogP contribution in [0.15, 0.2) is 36.4 Å². The van der Waals surface area contributed by atoms with Gasteiger partial charge in [0.2, 0.25) is 0 Å². The first-order valence-electron chi connectivity index (χ1n) is 6.31. The Kier molecular flexibility index (Phi) is 4.03. The van der Waals surface area contributed by atoms with Gasteiger partial charge in [0.1, 0.15) is 11.9 Å². The zero-order chi connectivity index (χ0) is 11.2. The molecule has 0 amide bonds. The van der Waals surface area contributed by atoms with Crippen LogP contribution in [0.4, 0.5) is 0 Å². The molecule has 1 nitrogen and oxygen atoms in total. The number of rotatable bonds is 4. The van der Waals surface area contributed by atoms with Gasteiger partial charge in [-0.2, -0.15) is 0 Å². The van der Waals surface area contributed by atoms with E-state index in [4.69, 9.17) is 4.74 Å². The summed E-state index contributed by atoms with van der Waals surface area (Å²) in [5, 5.41) is 0. The van der Waals surface area contributed by atoms with Gasteiger partial charge in [0.15, 0.2) is 0 Å². The molecule has 2 rings (SSSR count). The fourth-order valence-electron chi connectivity index (χ4n) is 2.05. The van der Waals surface area contributed by atoms with Gasteiger partial charge in [-0.25, -0.2) is 0 Å². The number of aryl methyl sites for hydroxylation is 1. The van der Waals surface area contributed by atoms with E-state index in [0.29, 0.717) is 0 Å². The Labute approximate surface area is 98.1 Å². The molecular formula is C15H20O. The second kappa shape index (κ2) is 5.74. The van der Waals surface area contributed by atoms with Crippen LogP contribution in [0.1, 0.15) is 38.2 Å². The summed E-state index contributed by atoms with van der Waals surface area (Å²) >= 11 is 0. The number of fused-ring (bicyclic) bond motifs is 1. The zero-order valence-corrected chi connectivity index (χ0v) is 9.99. The van der Waals surface area contributed by atoms with Crippen molar-refractivity contribution in [1.29, 1.82) is 0 Å². The van der Waals surface area contributed by atoms with Crippen LogP contribution in [0.3, 0.4) is 0 Å². The van der Waals surface area contributed by atoms with Gasteiger partial charge >= 0.3 is 0 Å².